The lowest BCUT2D eigenvalue weighted by Gasteiger charge is -2.12. The van der Waals surface area contributed by atoms with Crippen molar-refractivity contribution in [2.24, 2.45) is 0 Å². The lowest BCUT2D eigenvalue weighted by molar-refractivity contribution is 0.0690. The molecule has 0 unspecified atom stereocenters. The Morgan fingerprint density at radius 1 is 1.21 bits per heavy atom. The second-order valence-electron chi connectivity index (χ2n) is 5.92. The molecule has 1 N–H and O–H groups in total. The van der Waals surface area contributed by atoms with Crippen molar-refractivity contribution < 1.29 is 14.3 Å². The summed E-state index contributed by atoms with van der Waals surface area (Å²) in [5, 5.41) is 10.3. The molecule has 142 valence electrons. The van der Waals surface area contributed by atoms with Crippen LogP contribution in [0.5, 0.6) is 0 Å². The average Bonchev–Trinajstić information content (AvgIpc) is 3.00. The maximum Gasteiger partial charge on any atom is 0.356 e. The Kier molecular flexibility index (Phi) is 6.03. The normalized spacial score (nSPS) is 10.4. The molecule has 2 aromatic carbocycles. The highest BCUT2D eigenvalue weighted by atomic mass is 35.5. The van der Waals surface area contributed by atoms with Crippen LogP contribution in [0.15, 0.2) is 42.5 Å². The minimum absolute atomic E-state index is 0.0622. The van der Waals surface area contributed by atoms with Crippen LogP contribution in [0.3, 0.4) is 0 Å². The fraction of sp³-hybridized carbons (Fsp3) is 0.143. The monoisotopic (exact) mass is 416 g/mol. The average molecular weight is 417 g/mol. The van der Waals surface area contributed by atoms with E-state index in [1.165, 1.54) is 0 Å². The van der Waals surface area contributed by atoms with Crippen molar-refractivity contribution in [2.45, 2.75) is 13.3 Å². The molecule has 0 aliphatic carbocycles. The summed E-state index contributed by atoms with van der Waals surface area (Å²) in [6.07, 6.45) is 0.184. The van der Waals surface area contributed by atoms with E-state index in [4.69, 9.17) is 23.2 Å². The second kappa shape index (κ2) is 8.47. The van der Waals surface area contributed by atoms with Gasteiger partial charge in [-0.25, -0.2) is 9.78 Å². The lowest BCUT2D eigenvalue weighted by atomic mass is 10.1. The van der Waals surface area contributed by atoms with Crippen molar-refractivity contribution >= 4 is 29.2 Å². The number of hydrogen-bond donors (Lipinski definition) is 1. The number of hydrogen-bond acceptors (Lipinski definition) is 2. The molecule has 0 atom stereocenters. The number of benzene rings is 2. The first-order chi connectivity index (χ1) is 13.4. The number of aromatic nitrogens is 2. The summed E-state index contributed by atoms with van der Waals surface area (Å²) in [5.74, 6) is 4.89. The lowest BCUT2D eigenvalue weighted by Crippen LogP contribution is -2.02. The smallest absolute Gasteiger partial charge is 0.356 e. The number of alkyl halides is 1. The summed E-state index contributed by atoms with van der Waals surface area (Å²) in [6.45, 7) is 1.20. The van der Waals surface area contributed by atoms with Crippen LogP contribution in [0.2, 0.25) is 10.0 Å². The van der Waals surface area contributed by atoms with Gasteiger partial charge < -0.3 is 5.11 Å². The molecule has 1 heterocycles. The predicted octanol–water partition coefficient (Wildman–Crippen LogP) is 5.56. The first-order valence-corrected chi connectivity index (χ1v) is 9.11. The fourth-order valence-electron chi connectivity index (χ4n) is 2.78. The number of imidazole rings is 1. The largest absolute Gasteiger partial charge is 0.476 e. The van der Waals surface area contributed by atoms with Gasteiger partial charge in [0.1, 0.15) is 12.5 Å². The van der Waals surface area contributed by atoms with E-state index in [0.717, 1.165) is 5.56 Å². The third kappa shape index (κ3) is 4.04. The number of carboxylic acid groups (broad SMARTS) is 1. The van der Waals surface area contributed by atoms with Crippen LogP contribution in [0.4, 0.5) is 4.39 Å². The molecule has 0 aliphatic heterocycles. The molecular weight excluding hydrogens is 402 g/mol. The third-order valence-corrected chi connectivity index (χ3v) is 4.61. The number of rotatable bonds is 4. The number of carboxylic acids is 1. The van der Waals surface area contributed by atoms with Crippen molar-refractivity contribution in [3.05, 3.63) is 69.5 Å². The van der Waals surface area contributed by atoms with E-state index in [2.05, 4.69) is 16.8 Å². The number of halogens is 3. The Bertz CT molecular complexity index is 1100. The molecule has 0 saturated heterocycles. The molecule has 0 aliphatic rings. The highest BCUT2D eigenvalue weighted by Crippen LogP contribution is 2.33. The van der Waals surface area contributed by atoms with E-state index in [9.17, 15) is 14.3 Å². The van der Waals surface area contributed by atoms with Crippen molar-refractivity contribution in [1.82, 2.24) is 9.55 Å². The summed E-state index contributed by atoms with van der Waals surface area (Å²) in [6, 6.07) is 12.1. The van der Waals surface area contributed by atoms with Crippen LogP contribution in [-0.4, -0.2) is 27.3 Å². The van der Waals surface area contributed by atoms with Gasteiger partial charge in [0.25, 0.3) is 0 Å². The Balaban J connectivity index is 2.15. The zero-order valence-electron chi connectivity index (χ0n) is 14.8. The Labute approximate surface area is 171 Å². The van der Waals surface area contributed by atoms with E-state index in [1.807, 2.05) is 0 Å². The maximum absolute atomic E-state index is 12.2. The third-order valence-electron chi connectivity index (χ3n) is 4.06. The highest BCUT2D eigenvalue weighted by Gasteiger charge is 2.22. The zero-order valence-corrected chi connectivity index (χ0v) is 16.4. The van der Waals surface area contributed by atoms with Crippen LogP contribution in [0.1, 0.15) is 28.2 Å². The van der Waals surface area contributed by atoms with Crippen molar-refractivity contribution in [3.63, 3.8) is 0 Å². The minimum atomic E-state index is -1.13. The number of nitrogens with zero attached hydrogens (tertiary/aromatic N) is 2. The van der Waals surface area contributed by atoms with Crippen molar-refractivity contribution in [2.75, 3.05) is 6.67 Å². The molecule has 0 amide bonds. The molecule has 0 saturated carbocycles. The molecule has 0 radical (unpaired) electrons. The summed E-state index contributed by atoms with van der Waals surface area (Å²) in [4.78, 5) is 15.9. The highest BCUT2D eigenvalue weighted by molar-refractivity contribution is 6.36. The van der Waals surface area contributed by atoms with Crippen molar-refractivity contribution in [3.8, 4) is 28.9 Å². The molecule has 7 heteroatoms. The topological polar surface area (TPSA) is 55.1 Å². The summed E-state index contributed by atoms with van der Waals surface area (Å²) in [7, 11) is 0. The SMILES string of the molecule is Cc1c(C(=O)O)nc(-c2ccc(Cl)cc2Cl)n1-c1ccc(C#CCCF)cc1. The summed E-state index contributed by atoms with van der Waals surface area (Å²) < 4.78 is 13.9. The van der Waals surface area contributed by atoms with Crippen LogP contribution in [-0.2, 0) is 0 Å². The quantitative estimate of drug-likeness (QED) is 0.566. The van der Waals surface area contributed by atoms with E-state index in [1.54, 1.807) is 54.0 Å². The molecule has 28 heavy (non-hydrogen) atoms. The van der Waals surface area contributed by atoms with Crippen LogP contribution in [0.25, 0.3) is 17.1 Å². The van der Waals surface area contributed by atoms with E-state index < -0.39 is 12.6 Å². The number of carbonyl (C=O) groups is 1. The van der Waals surface area contributed by atoms with Gasteiger partial charge in [-0.2, -0.15) is 0 Å². The Morgan fingerprint density at radius 3 is 2.54 bits per heavy atom. The van der Waals surface area contributed by atoms with Gasteiger partial charge in [-0.3, -0.25) is 8.96 Å². The fourth-order valence-corrected chi connectivity index (χ4v) is 3.27. The van der Waals surface area contributed by atoms with Crippen LogP contribution in [0, 0.1) is 18.8 Å². The summed E-state index contributed by atoms with van der Waals surface area (Å²) in [5.41, 5.74) is 2.40. The molecule has 3 aromatic rings. The predicted molar refractivity (Wildman–Crippen MR) is 108 cm³/mol. The van der Waals surface area contributed by atoms with Gasteiger partial charge in [-0.15, -0.1) is 0 Å². The minimum Gasteiger partial charge on any atom is -0.476 e. The zero-order chi connectivity index (χ0) is 20.3. The van der Waals surface area contributed by atoms with Crippen molar-refractivity contribution in [1.29, 1.82) is 0 Å². The van der Waals surface area contributed by atoms with Gasteiger partial charge in [0, 0.05) is 28.3 Å². The molecule has 0 spiro atoms. The molecule has 3 rings (SSSR count). The molecule has 0 fully saturated rings. The standard InChI is InChI=1S/C21H15Cl2FN2O2/c1-13-19(21(27)28)25-20(17-10-7-15(22)12-18(17)23)26(13)16-8-5-14(6-9-16)4-2-3-11-24/h5-10,12H,3,11H2,1H3,(H,27,28). The Morgan fingerprint density at radius 2 is 1.93 bits per heavy atom. The summed E-state index contributed by atoms with van der Waals surface area (Å²) >= 11 is 12.3. The molecule has 0 bridgehead atoms. The van der Waals surface area contributed by atoms with Gasteiger partial charge in [0.15, 0.2) is 5.69 Å². The maximum atomic E-state index is 12.2. The van der Waals surface area contributed by atoms with Gasteiger partial charge in [0.05, 0.1) is 10.7 Å². The van der Waals surface area contributed by atoms with Crippen LogP contribution < -0.4 is 0 Å². The van der Waals surface area contributed by atoms with E-state index in [0.29, 0.717) is 32.8 Å². The Hall–Kier alpha value is -2.81. The van der Waals surface area contributed by atoms with Crippen LogP contribution >= 0.6 is 23.2 Å². The van der Waals surface area contributed by atoms with E-state index >= 15 is 0 Å². The first-order valence-electron chi connectivity index (χ1n) is 8.35. The van der Waals surface area contributed by atoms with Gasteiger partial charge >= 0.3 is 5.97 Å². The molecular formula is C21H15Cl2FN2O2. The first kappa shape index (κ1) is 19.9. The van der Waals surface area contributed by atoms with Gasteiger partial charge in [-0.05, 0) is 49.4 Å². The number of aromatic carboxylic acids is 1. The second-order valence-corrected chi connectivity index (χ2v) is 6.77. The van der Waals surface area contributed by atoms with Gasteiger partial charge in [0.2, 0.25) is 0 Å². The molecule has 4 nitrogen and oxygen atoms in total. The van der Waals surface area contributed by atoms with Gasteiger partial charge in [-0.1, -0.05) is 35.0 Å². The van der Waals surface area contributed by atoms with E-state index in [-0.39, 0.29) is 12.1 Å². The molecule has 1 aromatic heterocycles.